The van der Waals surface area contributed by atoms with Crippen molar-refractivity contribution in [3.8, 4) is 5.75 Å². The monoisotopic (exact) mass is 266 g/mol. The quantitative estimate of drug-likeness (QED) is 0.786. The first-order chi connectivity index (χ1) is 8.97. The van der Waals surface area contributed by atoms with E-state index in [1.54, 1.807) is 7.11 Å². The number of aliphatic hydroxyl groups is 1. The van der Waals surface area contributed by atoms with E-state index in [9.17, 15) is 5.11 Å². The van der Waals surface area contributed by atoms with Gasteiger partial charge in [0.2, 0.25) is 0 Å². The molecule has 0 aliphatic heterocycles. The highest BCUT2D eigenvalue weighted by Gasteiger charge is 2.11. The Morgan fingerprint density at radius 1 is 1.37 bits per heavy atom. The summed E-state index contributed by atoms with van der Waals surface area (Å²) in [6.45, 7) is 5.93. The topological polar surface area (TPSA) is 58.7 Å². The summed E-state index contributed by atoms with van der Waals surface area (Å²) in [5.74, 6) is 1.38. The van der Waals surface area contributed by atoms with E-state index in [2.05, 4.69) is 30.9 Å². The third-order valence-corrected chi connectivity index (χ3v) is 3.21. The summed E-state index contributed by atoms with van der Waals surface area (Å²) in [4.78, 5) is 2.06. The van der Waals surface area contributed by atoms with Gasteiger partial charge in [-0.25, -0.2) is 0 Å². The molecule has 1 aromatic carbocycles. The summed E-state index contributed by atoms with van der Waals surface area (Å²) in [7, 11) is 3.66. The summed E-state index contributed by atoms with van der Waals surface area (Å²) in [6.07, 6.45) is -0.482. The van der Waals surface area contributed by atoms with Crippen molar-refractivity contribution < 1.29 is 9.84 Å². The highest BCUT2D eigenvalue weighted by Crippen LogP contribution is 2.25. The molecular formula is C15H26N2O2. The Morgan fingerprint density at radius 3 is 2.58 bits per heavy atom. The van der Waals surface area contributed by atoms with Crippen LogP contribution in [0.15, 0.2) is 18.2 Å². The summed E-state index contributed by atoms with van der Waals surface area (Å²) >= 11 is 0. The van der Waals surface area contributed by atoms with Crippen molar-refractivity contribution in [3.63, 3.8) is 0 Å². The van der Waals surface area contributed by atoms with Crippen molar-refractivity contribution in [2.24, 2.45) is 5.73 Å². The van der Waals surface area contributed by atoms with E-state index in [-0.39, 0.29) is 6.54 Å². The highest BCUT2D eigenvalue weighted by molar-refractivity contribution is 5.38. The number of hydrogen-bond acceptors (Lipinski definition) is 4. The Morgan fingerprint density at radius 2 is 2.05 bits per heavy atom. The van der Waals surface area contributed by atoms with Crippen LogP contribution in [0.3, 0.4) is 0 Å². The molecule has 4 nitrogen and oxygen atoms in total. The molecule has 1 rings (SSSR count). The van der Waals surface area contributed by atoms with Gasteiger partial charge >= 0.3 is 0 Å². The number of rotatable bonds is 7. The Kier molecular flexibility index (Phi) is 6.28. The van der Waals surface area contributed by atoms with E-state index >= 15 is 0 Å². The molecule has 0 aromatic heterocycles. The molecule has 0 fully saturated rings. The Bertz CT molecular complexity index is 394. The maximum absolute atomic E-state index is 9.58. The van der Waals surface area contributed by atoms with Crippen LogP contribution in [0, 0.1) is 0 Å². The molecule has 0 spiro atoms. The average molecular weight is 266 g/mol. The lowest BCUT2D eigenvalue weighted by atomic mass is 10.00. The van der Waals surface area contributed by atoms with E-state index < -0.39 is 6.10 Å². The second kappa shape index (κ2) is 7.48. The van der Waals surface area contributed by atoms with E-state index in [0.29, 0.717) is 12.5 Å². The number of nitrogens with two attached hydrogens (primary N) is 1. The van der Waals surface area contributed by atoms with Gasteiger partial charge in [0.05, 0.1) is 13.2 Å². The van der Waals surface area contributed by atoms with Crippen LogP contribution < -0.4 is 10.5 Å². The van der Waals surface area contributed by atoms with E-state index in [1.807, 2.05) is 13.1 Å². The number of likely N-dealkylation sites (N-methyl/N-ethyl adjacent to an activating group) is 1. The number of methoxy groups -OCH3 is 1. The summed E-state index contributed by atoms with van der Waals surface area (Å²) in [5.41, 5.74) is 7.87. The van der Waals surface area contributed by atoms with Gasteiger partial charge in [-0.2, -0.15) is 0 Å². The van der Waals surface area contributed by atoms with Crippen LogP contribution in [0.2, 0.25) is 0 Å². The van der Waals surface area contributed by atoms with Crippen molar-refractivity contribution >= 4 is 0 Å². The fraction of sp³-hybridized carbons (Fsp3) is 0.600. The van der Waals surface area contributed by atoms with Gasteiger partial charge in [-0.3, -0.25) is 4.90 Å². The fourth-order valence-corrected chi connectivity index (χ4v) is 2.07. The van der Waals surface area contributed by atoms with Crippen LogP contribution >= 0.6 is 0 Å². The molecule has 0 aliphatic rings. The minimum Gasteiger partial charge on any atom is -0.496 e. The molecule has 3 N–H and O–H groups in total. The van der Waals surface area contributed by atoms with Crippen molar-refractivity contribution in [2.75, 3.05) is 27.2 Å². The molecule has 0 aliphatic carbocycles. The summed E-state index contributed by atoms with van der Waals surface area (Å²) < 4.78 is 5.40. The van der Waals surface area contributed by atoms with Gasteiger partial charge in [-0.15, -0.1) is 0 Å². The molecule has 108 valence electrons. The Balaban J connectivity index is 2.82. The van der Waals surface area contributed by atoms with Gasteiger partial charge in [0.25, 0.3) is 0 Å². The minimum absolute atomic E-state index is 0.285. The van der Waals surface area contributed by atoms with E-state index in [4.69, 9.17) is 10.5 Å². The predicted molar refractivity (Wildman–Crippen MR) is 78.5 cm³/mol. The maximum atomic E-state index is 9.58. The SMILES string of the molecule is COc1ccc(C(C)C)cc1CN(C)CC(O)CN. The first-order valence-electron chi connectivity index (χ1n) is 6.71. The van der Waals surface area contributed by atoms with E-state index in [1.165, 1.54) is 5.56 Å². The largest absolute Gasteiger partial charge is 0.496 e. The van der Waals surface area contributed by atoms with Crippen LogP contribution in [-0.4, -0.2) is 43.4 Å². The van der Waals surface area contributed by atoms with Crippen molar-refractivity contribution in [2.45, 2.75) is 32.4 Å². The second-order valence-electron chi connectivity index (χ2n) is 5.31. The molecule has 1 aromatic rings. The molecule has 0 radical (unpaired) electrons. The summed E-state index contributed by atoms with van der Waals surface area (Å²) in [5, 5.41) is 9.58. The van der Waals surface area contributed by atoms with Gasteiger partial charge < -0.3 is 15.6 Å². The molecule has 1 unspecified atom stereocenters. The lowest BCUT2D eigenvalue weighted by molar-refractivity contribution is 0.129. The molecular weight excluding hydrogens is 240 g/mol. The average Bonchev–Trinajstić information content (AvgIpc) is 2.38. The van der Waals surface area contributed by atoms with Gasteiger partial charge in [-0.1, -0.05) is 26.0 Å². The predicted octanol–water partition coefficient (Wildman–Crippen LogP) is 1.57. The van der Waals surface area contributed by atoms with Crippen molar-refractivity contribution in [3.05, 3.63) is 29.3 Å². The number of aliphatic hydroxyl groups excluding tert-OH is 1. The number of benzene rings is 1. The van der Waals surface area contributed by atoms with Crippen molar-refractivity contribution in [1.29, 1.82) is 0 Å². The molecule has 1 atom stereocenters. The third kappa shape index (κ3) is 4.82. The number of ether oxygens (including phenoxy) is 1. The summed E-state index contributed by atoms with van der Waals surface area (Å²) in [6, 6.07) is 6.29. The van der Waals surface area contributed by atoms with E-state index in [0.717, 1.165) is 17.9 Å². The number of hydrogen-bond donors (Lipinski definition) is 2. The van der Waals surface area contributed by atoms with Gasteiger partial charge in [0.15, 0.2) is 0 Å². The molecule has 0 saturated heterocycles. The number of nitrogens with zero attached hydrogens (tertiary/aromatic N) is 1. The lowest BCUT2D eigenvalue weighted by Crippen LogP contribution is -2.33. The molecule has 0 heterocycles. The molecule has 19 heavy (non-hydrogen) atoms. The zero-order valence-corrected chi connectivity index (χ0v) is 12.4. The smallest absolute Gasteiger partial charge is 0.123 e. The zero-order chi connectivity index (χ0) is 14.4. The lowest BCUT2D eigenvalue weighted by Gasteiger charge is -2.21. The highest BCUT2D eigenvalue weighted by atomic mass is 16.5. The van der Waals surface area contributed by atoms with Gasteiger partial charge in [0, 0.05) is 25.2 Å². The fourth-order valence-electron chi connectivity index (χ4n) is 2.07. The van der Waals surface area contributed by atoms with Crippen LogP contribution in [0.4, 0.5) is 0 Å². The first-order valence-corrected chi connectivity index (χ1v) is 6.71. The standard InChI is InChI=1S/C15H26N2O2/c1-11(2)12-5-6-15(19-4)13(7-12)9-17(3)10-14(18)8-16/h5-7,11,14,18H,8-10,16H2,1-4H3. The molecule has 0 amide bonds. The van der Waals surface area contributed by atoms with Crippen LogP contribution in [0.1, 0.15) is 30.9 Å². The van der Waals surface area contributed by atoms with Crippen LogP contribution in [0.25, 0.3) is 0 Å². The molecule has 0 saturated carbocycles. The molecule has 4 heteroatoms. The van der Waals surface area contributed by atoms with Crippen LogP contribution in [-0.2, 0) is 6.54 Å². The third-order valence-electron chi connectivity index (χ3n) is 3.21. The Labute approximate surface area is 116 Å². The van der Waals surface area contributed by atoms with Gasteiger partial charge in [0.1, 0.15) is 5.75 Å². The molecule has 0 bridgehead atoms. The Hall–Kier alpha value is -1.10. The zero-order valence-electron chi connectivity index (χ0n) is 12.4. The normalized spacial score (nSPS) is 13.1. The maximum Gasteiger partial charge on any atom is 0.123 e. The first kappa shape index (κ1) is 16.0. The van der Waals surface area contributed by atoms with Crippen LogP contribution in [0.5, 0.6) is 5.75 Å². The van der Waals surface area contributed by atoms with Gasteiger partial charge in [-0.05, 0) is 24.6 Å². The van der Waals surface area contributed by atoms with Crippen molar-refractivity contribution in [1.82, 2.24) is 4.90 Å². The minimum atomic E-state index is -0.482. The second-order valence-corrected chi connectivity index (χ2v) is 5.31.